The summed E-state index contributed by atoms with van der Waals surface area (Å²) in [6.07, 6.45) is 9.77. The van der Waals surface area contributed by atoms with E-state index in [2.05, 4.69) is 37.8 Å². The Labute approximate surface area is 532 Å². The average molecular weight is 1300 g/mol. The Kier molecular flexibility index (Phi) is 28.9. The van der Waals surface area contributed by atoms with Crippen molar-refractivity contribution in [3.05, 3.63) is 189 Å². The van der Waals surface area contributed by atoms with Crippen molar-refractivity contribution in [1.82, 2.24) is 20.3 Å². The molecule has 6 amide bonds. The minimum atomic E-state index is -0.451. The van der Waals surface area contributed by atoms with Crippen LogP contribution < -0.4 is 14.8 Å². The minimum absolute atomic E-state index is 0. The number of aryl methyl sites for hydroxylation is 3. The Balaban J connectivity index is 0.000000241. The molecule has 3 saturated heterocycles. The molecule has 2 radical (unpaired) electrons. The van der Waals surface area contributed by atoms with Crippen molar-refractivity contribution in [2.45, 2.75) is 88.4 Å². The van der Waals surface area contributed by atoms with Crippen molar-refractivity contribution in [3.8, 4) is 17.2 Å². The number of benzene rings is 3. The summed E-state index contributed by atoms with van der Waals surface area (Å²) >= 11 is 2.91. The van der Waals surface area contributed by atoms with Gasteiger partial charge in [-0.05, 0) is 127 Å². The first-order chi connectivity index (χ1) is 38.0. The quantitative estimate of drug-likeness (QED) is 0.0713. The average Bonchev–Trinajstić information content (AvgIpc) is 4.10. The monoisotopic (exact) mass is 1300 g/mol. The third kappa shape index (κ3) is 22.1. The summed E-state index contributed by atoms with van der Waals surface area (Å²) in [6.45, 7) is 7.78. The van der Waals surface area contributed by atoms with Crippen LogP contribution in [0, 0.1) is 0 Å². The summed E-state index contributed by atoms with van der Waals surface area (Å²) in [5.41, 5.74) is 7.39. The maximum absolute atomic E-state index is 12.1. The number of thioether (sulfide) groups is 3. The third-order valence-corrected chi connectivity index (χ3v) is 14.7. The van der Waals surface area contributed by atoms with Crippen molar-refractivity contribution < 1.29 is 123 Å². The number of nitrogens with one attached hydrogen (secondary N) is 1. The number of phenols is 1. The number of phenolic OH excluding ortho intramolecular Hbond substituents is 1. The SMILES string of the molecule is CCC(=O)c1ccc(CC)cn1.CCc1ccc(C(=O)COc2ccc(CC3SC(=O)NC3=O)cc2)nc1.CCc1ccc(C(=O)COc2ccc(CC3SC(=O)[N-]C3=O)cc2)nc1.O=C1[N-]C(=O)C(Cc2ccc(O)cc2)S1.[Y].[Y]. The molecular formula is C58H56N6O12S3Y2-2. The van der Waals surface area contributed by atoms with Crippen LogP contribution in [0.3, 0.4) is 0 Å². The molecule has 9 rings (SSSR count). The van der Waals surface area contributed by atoms with Gasteiger partial charge in [0.1, 0.15) is 44.8 Å². The number of carbonyl (C=O) groups is 9. The molecule has 3 aliphatic heterocycles. The summed E-state index contributed by atoms with van der Waals surface area (Å²) in [5.74, 6) is 0.0325. The van der Waals surface area contributed by atoms with Crippen molar-refractivity contribution in [1.29, 1.82) is 0 Å². The van der Waals surface area contributed by atoms with Crippen LogP contribution in [0.25, 0.3) is 10.6 Å². The summed E-state index contributed by atoms with van der Waals surface area (Å²) in [5, 5.41) is 15.6. The van der Waals surface area contributed by atoms with Crippen molar-refractivity contribution in [3.63, 3.8) is 0 Å². The van der Waals surface area contributed by atoms with Gasteiger partial charge in [0, 0.05) is 90.4 Å². The van der Waals surface area contributed by atoms with E-state index < -0.39 is 26.2 Å². The minimum Gasteiger partial charge on any atom is -0.585 e. The molecule has 0 saturated carbocycles. The standard InChI is InChI=1S/2C19H18N2O4S.C10H9NO3S.C10H13NO.2Y/c2*1-2-12-5-8-15(20-10-12)16(22)11-25-14-6-3-13(4-7-14)9-17-18(23)21-19(24)26-17;12-7-3-1-6(2-4-7)5-8-9(13)11-10(14)15-8;1-3-8-5-6-9(11-7-8)10(12)4-2;;/h2*3-8,10,17H,2,9,11H2,1H3,(H,21,23,24);1-4,8H,5H2,(H2,11,12,13,14);5-7H,3-4H2,1-2H3;;/p-2. The number of ketones is 3. The second-order valence-corrected chi connectivity index (χ2v) is 21.0. The molecule has 0 aliphatic carbocycles. The van der Waals surface area contributed by atoms with E-state index in [9.17, 15) is 43.2 Å². The predicted molar refractivity (Wildman–Crippen MR) is 302 cm³/mol. The molecule has 3 unspecified atom stereocenters. The number of Topliss-reactive ketones (excluding diaryl/α,β-unsaturated/α-hetero) is 3. The van der Waals surface area contributed by atoms with E-state index in [1.807, 2.05) is 63.2 Å². The van der Waals surface area contributed by atoms with E-state index in [-0.39, 0.29) is 125 Å². The molecule has 3 aliphatic rings. The summed E-state index contributed by atoms with van der Waals surface area (Å²) in [4.78, 5) is 115. The van der Waals surface area contributed by atoms with Gasteiger partial charge in [-0.1, -0.05) is 118 Å². The van der Waals surface area contributed by atoms with Gasteiger partial charge >= 0.3 is 0 Å². The largest absolute Gasteiger partial charge is 0.585 e. The van der Waals surface area contributed by atoms with E-state index >= 15 is 0 Å². The third-order valence-electron chi connectivity index (χ3n) is 11.9. The number of ether oxygens (including phenoxy) is 2. The Bertz CT molecular complexity index is 2980. The number of hydrogen-bond donors (Lipinski definition) is 2. The molecule has 81 heavy (non-hydrogen) atoms. The normalized spacial score (nSPS) is 15.8. The first kappa shape index (κ1) is 67.7. The van der Waals surface area contributed by atoms with Crippen molar-refractivity contribution >= 4 is 86.1 Å². The molecule has 3 fully saturated rings. The van der Waals surface area contributed by atoms with Crippen LogP contribution in [-0.4, -0.2) is 99.8 Å². The van der Waals surface area contributed by atoms with Gasteiger partial charge in [-0.3, -0.25) is 44.2 Å². The fourth-order valence-corrected chi connectivity index (χ4v) is 9.74. The molecule has 3 aromatic heterocycles. The van der Waals surface area contributed by atoms with Gasteiger partial charge in [-0.2, -0.15) is 0 Å². The van der Waals surface area contributed by atoms with E-state index in [1.165, 1.54) is 5.56 Å². The molecule has 18 nitrogen and oxygen atoms in total. The summed E-state index contributed by atoms with van der Waals surface area (Å²) in [6, 6.07) is 31.7. The van der Waals surface area contributed by atoms with Crippen LogP contribution in [0.5, 0.6) is 17.2 Å². The van der Waals surface area contributed by atoms with Crippen LogP contribution in [0.15, 0.2) is 128 Å². The molecule has 6 aromatic rings. The summed E-state index contributed by atoms with van der Waals surface area (Å²) < 4.78 is 11.0. The Morgan fingerprint density at radius 3 is 1.12 bits per heavy atom. The van der Waals surface area contributed by atoms with E-state index in [4.69, 9.17) is 14.6 Å². The number of carbonyl (C=O) groups excluding carboxylic acids is 9. The second kappa shape index (κ2) is 34.6. The molecule has 0 bridgehead atoms. The Morgan fingerprint density at radius 2 is 0.827 bits per heavy atom. The van der Waals surface area contributed by atoms with Crippen LogP contribution in [0.4, 0.5) is 14.4 Å². The number of amides is 6. The van der Waals surface area contributed by atoms with Crippen LogP contribution in [0.1, 0.15) is 99.0 Å². The van der Waals surface area contributed by atoms with Gasteiger partial charge in [-0.25, -0.2) is 0 Å². The molecule has 2 N–H and O–H groups in total. The maximum Gasteiger partial charge on any atom is 0.286 e. The fourth-order valence-electron chi connectivity index (χ4n) is 7.25. The Morgan fingerprint density at radius 1 is 0.481 bits per heavy atom. The molecule has 3 atom stereocenters. The van der Waals surface area contributed by atoms with Crippen LogP contribution in [-0.2, 0) is 118 Å². The number of aromatic hydroxyl groups is 1. The first-order valence-corrected chi connectivity index (χ1v) is 27.8. The topological polar surface area (TPSA) is 271 Å². The summed E-state index contributed by atoms with van der Waals surface area (Å²) in [7, 11) is 0. The van der Waals surface area contributed by atoms with E-state index in [0.29, 0.717) is 54.3 Å². The van der Waals surface area contributed by atoms with E-state index in [1.54, 1.807) is 85.3 Å². The van der Waals surface area contributed by atoms with Crippen LogP contribution in [0.2, 0.25) is 0 Å². The van der Waals surface area contributed by atoms with Gasteiger partial charge in [0.25, 0.3) is 5.24 Å². The molecule has 6 heterocycles. The molecule has 0 spiro atoms. The fraction of sp³-hybridized carbons (Fsp3) is 0.276. The molecular weight excluding hydrogens is 1250 g/mol. The zero-order valence-electron chi connectivity index (χ0n) is 44.8. The molecule has 3 aromatic carbocycles. The smallest absolute Gasteiger partial charge is 0.286 e. The first-order valence-electron chi connectivity index (χ1n) is 25.1. The van der Waals surface area contributed by atoms with E-state index in [0.717, 1.165) is 82.4 Å². The zero-order chi connectivity index (χ0) is 56.8. The van der Waals surface area contributed by atoms with Crippen molar-refractivity contribution in [2.75, 3.05) is 13.2 Å². The Hall–Kier alpha value is -5.80. The number of imide groups is 3. The number of pyridine rings is 3. The number of aromatic nitrogens is 3. The van der Waals surface area contributed by atoms with Gasteiger partial charge in [0.15, 0.2) is 19.0 Å². The molecule has 416 valence electrons. The maximum atomic E-state index is 12.1. The van der Waals surface area contributed by atoms with Gasteiger partial charge in [-0.15, -0.1) is 0 Å². The number of hydrogen-bond acceptors (Lipinski definition) is 18. The second-order valence-electron chi connectivity index (χ2n) is 17.5. The predicted octanol–water partition coefficient (Wildman–Crippen LogP) is 10.7. The van der Waals surface area contributed by atoms with Crippen molar-refractivity contribution in [2.24, 2.45) is 0 Å². The van der Waals surface area contributed by atoms with Gasteiger partial charge < -0.3 is 44.4 Å². The van der Waals surface area contributed by atoms with Gasteiger partial charge in [0.05, 0.1) is 27.6 Å². The number of nitrogens with zero attached hydrogens (tertiary/aromatic N) is 5. The molecule has 23 heteroatoms. The van der Waals surface area contributed by atoms with Crippen LogP contribution >= 0.6 is 35.3 Å². The zero-order valence-corrected chi connectivity index (χ0v) is 52.9. The number of rotatable bonds is 19. The van der Waals surface area contributed by atoms with Gasteiger partial charge in [0.2, 0.25) is 17.5 Å².